The Bertz CT molecular complexity index is 752. The van der Waals surface area contributed by atoms with E-state index in [1.54, 1.807) is 18.2 Å². The second-order valence-electron chi connectivity index (χ2n) is 7.12. The summed E-state index contributed by atoms with van der Waals surface area (Å²) in [4.78, 5) is 2.12. The van der Waals surface area contributed by atoms with Crippen molar-refractivity contribution in [1.29, 1.82) is 0 Å². The number of hydrogen-bond donors (Lipinski definition) is 0. The van der Waals surface area contributed by atoms with Crippen LogP contribution in [0.3, 0.4) is 0 Å². The molecule has 0 unspecified atom stereocenters. The van der Waals surface area contributed by atoms with E-state index in [2.05, 4.69) is 11.5 Å². The highest BCUT2D eigenvalue weighted by molar-refractivity contribution is 5.33. The second-order valence-corrected chi connectivity index (χ2v) is 7.12. The fourth-order valence-electron chi connectivity index (χ4n) is 3.42. The molecule has 0 radical (unpaired) electrons. The van der Waals surface area contributed by atoms with Gasteiger partial charge in [0.2, 0.25) is 6.29 Å². The van der Waals surface area contributed by atoms with Crippen LogP contribution in [0.2, 0.25) is 0 Å². The Balaban J connectivity index is 1.99. The van der Waals surface area contributed by atoms with Crippen molar-refractivity contribution in [3.8, 4) is 0 Å². The van der Waals surface area contributed by atoms with E-state index in [9.17, 15) is 4.39 Å². The van der Waals surface area contributed by atoms with E-state index in [-0.39, 0.29) is 5.82 Å². The summed E-state index contributed by atoms with van der Waals surface area (Å²) in [5, 5.41) is 0. The molecule has 0 spiro atoms. The molecule has 2 heterocycles. The number of hydrogen-bond acceptors (Lipinski definition) is 5. The number of nitrogens with zero attached hydrogens (tertiary/aromatic N) is 1. The maximum Gasteiger partial charge on any atom is 0.217 e. The Morgan fingerprint density at radius 2 is 1.89 bits per heavy atom. The van der Waals surface area contributed by atoms with Crippen LogP contribution in [0.15, 0.2) is 53.5 Å². The molecule has 0 amide bonds. The molecule has 1 saturated heterocycles. The van der Waals surface area contributed by atoms with Crippen molar-refractivity contribution in [1.82, 2.24) is 4.90 Å². The lowest BCUT2D eigenvalue weighted by Gasteiger charge is -2.33. The first-order valence-corrected chi connectivity index (χ1v) is 9.54. The van der Waals surface area contributed by atoms with Crippen LogP contribution in [0, 0.1) is 5.82 Å². The smallest absolute Gasteiger partial charge is 0.217 e. The SMILES string of the molecule is C=CCO[C@@](CCCN(C)C)(c1ccc(F)cc1)c1ccc(C2OCCO2)o1. The van der Waals surface area contributed by atoms with Crippen molar-refractivity contribution in [2.75, 3.05) is 40.5 Å². The third kappa shape index (κ3) is 4.70. The molecule has 1 aliphatic rings. The number of furan rings is 1. The van der Waals surface area contributed by atoms with Crippen molar-refractivity contribution in [2.45, 2.75) is 24.7 Å². The van der Waals surface area contributed by atoms with Gasteiger partial charge in [-0.2, -0.15) is 0 Å². The maximum absolute atomic E-state index is 13.6. The average Bonchev–Trinajstić information content (AvgIpc) is 3.36. The summed E-state index contributed by atoms with van der Waals surface area (Å²) in [7, 11) is 4.06. The van der Waals surface area contributed by atoms with Crippen molar-refractivity contribution in [2.24, 2.45) is 0 Å². The van der Waals surface area contributed by atoms with Crippen LogP contribution in [-0.4, -0.2) is 45.4 Å². The van der Waals surface area contributed by atoms with Crippen molar-refractivity contribution >= 4 is 0 Å². The molecule has 2 aromatic rings. The second kappa shape index (κ2) is 9.47. The molecule has 1 aromatic heterocycles. The Labute approximate surface area is 165 Å². The van der Waals surface area contributed by atoms with Gasteiger partial charge in [0.25, 0.3) is 0 Å². The average molecular weight is 389 g/mol. The van der Waals surface area contributed by atoms with E-state index in [1.807, 2.05) is 26.2 Å². The lowest BCUT2D eigenvalue weighted by Crippen LogP contribution is -2.32. The summed E-state index contributed by atoms with van der Waals surface area (Å²) < 4.78 is 37.1. The number of ether oxygens (including phenoxy) is 3. The van der Waals surface area contributed by atoms with Crippen LogP contribution in [0.4, 0.5) is 4.39 Å². The minimum atomic E-state index is -0.852. The lowest BCUT2D eigenvalue weighted by atomic mass is 9.86. The van der Waals surface area contributed by atoms with Crippen molar-refractivity contribution in [3.63, 3.8) is 0 Å². The van der Waals surface area contributed by atoms with Gasteiger partial charge in [0.05, 0.1) is 19.8 Å². The highest BCUT2D eigenvalue weighted by Crippen LogP contribution is 2.40. The first-order valence-electron chi connectivity index (χ1n) is 9.54. The molecule has 28 heavy (non-hydrogen) atoms. The van der Waals surface area contributed by atoms with Crippen LogP contribution < -0.4 is 0 Å². The van der Waals surface area contributed by atoms with Crippen LogP contribution in [0.1, 0.15) is 36.2 Å². The Kier molecular flexibility index (Phi) is 7.02. The summed E-state index contributed by atoms with van der Waals surface area (Å²) in [6.07, 6.45) is 2.75. The summed E-state index contributed by atoms with van der Waals surface area (Å²) in [6, 6.07) is 10.1. The Morgan fingerprint density at radius 1 is 1.18 bits per heavy atom. The Hall–Kier alpha value is -1.99. The zero-order chi connectivity index (χ0) is 20.0. The predicted octanol–water partition coefficient (Wildman–Crippen LogP) is 4.25. The molecule has 6 heteroatoms. The van der Waals surface area contributed by atoms with Gasteiger partial charge >= 0.3 is 0 Å². The van der Waals surface area contributed by atoms with Gasteiger partial charge in [-0.15, -0.1) is 6.58 Å². The van der Waals surface area contributed by atoms with Gasteiger partial charge in [-0.25, -0.2) is 4.39 Å². The van der Waals surface area contributed by atoms with Crippen molar-refractivity contribution in [3.05, 3.63) is 72.0 Å². The summed E-state index contributed by atoms with van der Waals surface area (Å²) in [5.74, 6) is 0.963. The normalized spacial score (nSPS) is 17.1. The van der Waals surface area contributed by atoms with Gasteiger partial charge in [-0.1, -0.05) is 18.2 Å². The van der Waals surface area contributed by atoms with Gasteiger partial charge in [0.1, 0.15) is 11.6 Å². The van der Waals surface area contributed by atoms with Gasteiger partial charge in [0.15, 0.2) is 11.4 Å². The monoisotopic (exact) mass is 389 g/mol. The minimum absolute atomic E-state index is 0.289. The first kappa shape index (κ1) is 20.7. The largest absolute Gasteiger partial charge is 0.457 e. The highest BCUT2D eigenvalue weighted by Gasteiger charge is 2.39. The molecular weight excluding hydrogens is 361 g/mol. The standard InChI is InChI=1S/C22H28FNO4/c1-4-14-27-22(12-5-13-24(2)3,17-6-8-18(23)9-7-17)20-11-10-19(28-20)21-25-15-16-26-21/h4,6-11,21H,1,5,12-16H2,2-3H3/t22-/m0/s1. The number of rotatable bonds is 10. The van der Waals surface area contributed by atoms with E-state index < -0.39 is 11.9 Å². The van der Waals surface area contributed by atoms with E-state index in [0.717, 1.165) is 18.5 Å². The van der Waals surface area contributed by atoms with Gasteiger partial charge in [-0.3, -0.25) is 0 Å². The van der Waals surface area contributed by atoms with Crippen LogP contribution in [-0.2, 0) is 19.8 Å². The minimum Gasteiger partial charge on any atom is -0.457 e. The van der Waals surface area contributed by atoms with Gasteiger partial charge < -0.3 is 23.5 Å². The highest BCUT2D eigenvalue weighted by atomic mass is 19.1. The lowest BCUT2D eigenvalue weighted by molar-refractivity contribution is -0.0666. The third-order valence-corrected chi connectivity index (χ3v) is 4.77. The molecule has 0 N–H and O–H groups in total. The molecule has 3 rings (SSSR count). The number of benzene rings is 1. The quantitative estimate of drug-likeness (QED) is 0.569. The topological polar surface area (TPSA) is 44.1 Å². The molecule has 1 aromatic carbocycles. The van der Waals surface area contributed by atoms with Crippen LogP contribution in [0.25, 0.3) is 0 Å². The fraction of sp³-hybridized carbons (Fsp3) is 0.455. The molecule has 0 saturated carbocycles. The van der Waals surface area contributed by atoms with E-state index in [1.165, 1.54) is 12.1 Å². The van der Waals surface area contributed by atoms with Crippen LogP contribution in [0.5, 0.6) is 0 Å². The molecule has 152 valence electrons. The third-order valence-electron chi connectivity index (χ3n) is 4.77. The maximum atomic E-state index is 13.6. The van der Waals surface area contributed by atoms with E-state index >= 15 is 0 Å². The van der Waals surface area contributed by atoms with Crippen LogP contribution >= 0.6 is 0 Å². The number of halogens is 1. The molecular formula is C22H28FNO4. The molecule has 1 aliphatic heterocycles. The summed E-state index contributed by atoms with van der Waals surface area (Å²) in [5.41, 5.74) is -0.0157. The molecule has 1 fully saturated rings. The summed E-state index contributed by atoms with van der Waals surface area (Å²) in [6.45, 7) is 6.09. The van der Waals surface area contributed by atoms with E-state index in [0.29, 0.717) is 37.8 Å². The zero-order valence-electron chi connectivity index (χ0n) is 16.5. The molecule has 5 nitrogen and oxygen atoms in total. The summed E-state index contributed by atoms with van der Waals surface area (Å²) >= 11 is 0. The first-order chi connectivity index (χ1) is 13.5. The zero-order valence-corrected chi connectivity index (χ0v) is 16.5. The predicted molar refractivity (Wildman–Crippen MR) is 104 cm³/mol. The molecule has 0 aliphatic carbocycles. The van der Waals surface area contributed by atoms with Crippen molar-refractivity contribution < 1.29 is 23.0 Å². The molecule has 0 bridgehead atoms. The Morgan fingerprint density at radius 3 is 2.54 bits per heavy atom. The van der Waals surface area contributed by atoms with Gasteiger partial charge in [-0.05, 0) is 63.3 Å². The van der Waals surface area contributed by atoms with E-state index in [4.69, 9.17) is 18.6 Å². The molecule has 1 atom stereocenters. The van der Waals surface area contributed by atoms with Gasteiger partial charge in [0, 0.05) is 0 Å². The fourth-order valence-corrected chi connectivity index (χ4v) is 3.42.